The maximum absolute atomic E-state index is 2.00. The monoisotopic (exact) mass is 329 g/mol. The molecule has 0 bridgehead atoms. The molecular weight excluding hydrogens is 264 g/mol. The summed E-state index contributed by atoms with van der Waals surface area (Å²) in [5.41, 5.74) is 0. The van der Waals surface area contributed by atoms with Crippen LogP contribution in [0, 0.1) is 0 Å². The van der Waals surface area contributed by atoms with Crippen molar-refractivity contribution in [2.45, 2.75) is 151 Å². The molecule has 0 heteroatoms. The van der Waals surface area contributed by atoms with Gasteiger partial charge in [0.05, 0.1) is 0 Å². The zero-order valence-electron chi connectivity index (χ0n) is 18.8. The topological polar surface area (TPSA) is 0 Å². The second-order valence-electron chi connectivity index (χ2n) is 1.41. The first-order chi connectivity index (χ1) is 10.0. The first kappa shape index (κ1) is 67.4. The smallest absolute Gasteiger partial charge is 0.0533 e. The second kappa shape index (κ2) is 525. The van der Waals surface area contributed by atoms with Gasteiger partial charge in [-0.15, -0.1) is 0 Å². The van der Waals surface area contributed by atoms with Gasteiger partial charge in [0, 0.05) is 0 Å². The Morgan fingerprint density at radius 3 is 0.273 bits per heavy atom. The predicted molar refractivity (Wildman–Crippen MR) is 123 cm³/mol. The van der Waals surface area contributed by atoms with Crippen molar-refractivity contribution in [1.29, 1.82) is 0 Å². The third kappa shape index (κ3) is 451. The molecule has 0 unspecified atom stereocenters. The minimum absolute atomic E-state index is 0. The van der Waals surface area contributed by atoms with E-state index in [2.05, 4.69) is 0 Å². The fourth-order valence-electron chi connectivity index (χ4n) is 0.250. The van der Waals surface area contributed by atoms with Crippen molar-refractivity contribution < 1.29 is 0 Å². The molecule has 0 atom stereocenters. The summed E-state index contributed by atoms with van der Waals surface area (Å²) in [6.07, 6.45) is 6.00. The first-order valence-corrected chi connectivity index (χ1v) is 10.0. The van der Waals surface area contributed by atoms with Gasteiger partial charge >= 0.3 is 0 Å². The molecule has 0 saturated heterocycles. The highest BCUT2D eigenvalue weighted by atomic mass is 14.0. The van der Waals surface area contributed by atoms with Gasteiger partial charge in [-0.3, -0.25) is 0 Å². The number of hydrogen-bond donors (Lipinski definition) is 0. The average Bonchev–Trinajstić information content (AvgIpc) is 2.60. The minimum Gasteiger partial charge on any atom is -0.0776 e. The molecule has 0 aromatic carbocycles. The van der Waals surface area contributed by atoms with Gasteiger partial charge in [-0.1, -0.05) is 151 Å². The van der Waals surface area contributed by atoms with E-state index in [9.17, 15) is 0 Å². The summed E-state index contributed by atoms with van der Waals surface area (Å²) in [6.45, 7) is 32.0. The fourth-order valence-corrected chi connectivity index (χ4v) is 0.250. The van der Waals surface area contributed by atoms with Gasteiger partial charge in [0.25, 0.3) is 0 Å². The molecule has 0 N–H and O–H groups in total. The van der Waals surface area contributed by atoms with Crippen molar-refractivity contribution in [3.63, 3.8) is 0 Å². The molecule has 1 fully saturated rings. The largest absolute Gasteiger partial charge is 0.0776 e. The quantitative estimate of drug-likeness (QED) is 0.414. The summed E-state index contributed by atoms with van der Waals surface area (Å²) >= 11 is 0. The van der Waals surface area contributed by atoms with Crippen molar-refractivity contribution in [3.8, 4) is 0 Å². The van der Waals surface area contributed by atoms with Crippen LogP contribution in [0.5, 0.6) is 0 Å². The molecule has 0 radical (unpaired) electrons. The molecule has 0 aliphatic heterocycles. The molecule has 1 saturated carbocycles. The second-order valence-corrected chi connectivity index (χ2v) is 1.41. The molecule has 0 heterocycles. The van der Waals surface area contributed by atoms with E-state index < -0.39 is 0 Å². The predicted octanol–water partition coefficient (Wildman–Crippen LogP) is 11.0. The average molecular weight is 329 g/mol. The van der Waals surface area contributed by atoms with Crippen LogP contribution in [0.3, 0.4) is 0 Å². The van der Waals surface area contributed by atoms with Crippen LogP contribution in [0.15, 0.2) is 0 Å². The van der Waals surface area contributed by atoms with Crippen LogP contribution in [0.2, 0.25) is 0 Å². The molecular formula is C22H64. The molecule has 0 aromatic heterocycles. The van der Waals surface area contributed by atoms with E-state index in [0.29, 0.717) is 0 Å². The Morgan fingerprint density at radius 1 is 0.227 bits per heavy atom. The van der Waals surface area contributed by atoms with E-state index in [-0.39, 0.29) is 14.9 Å². The Labute approximate surface area is 151 Å². The van der Waals surface area contributed by atoms with Crippen molar-refractivity contribution in [2.24, 2.45) is 0 Å². The van der Waals surface area contributed by atoms with E-state index in [1.54, 1.807) is 0 Å². The van der Waals surface area contributed by atoms with Crippen LogP contribution < -0.4 is 0 Å². The molecule has 22 heavy (non-hydrogen) atoms. The normalized spacial score (nSPS) is 6.55. The van der Waals surface area contributed by atoms with E-state index in [1.807, 2.05) is 111 Å². The SMILES string of the molecule is C.C.C1CCC1.CC.CC.CC.CC.CC.CC.CC.CC. The number of hydrogen-bond acceptors (Lipinski definition) is 0. The summed E-state index contributed by atoms with van der Waals surface area (Å²) in [6, 6.07) is 0. The highest BCUT2D eigenvalue weighted by Gasteiger charge is 1.95. The Bertz CT molecular complexity index is 8.00. The molecule has 152 valence electrons. The van der Waals surface area contributed by atoms with Crippen molar-refractivity contribution >= 4 is 0 Å². The van der Waals surface area contributed by atoms with E-state index in [1.165, 1.54) is 25.7 Å². The maximum Gasteiger partial charge on any atom is -0.0533 e. The summed E-state index contributed by atoms with van der Waals surface area (Å²) < 4.78 is 0. The Balaban J connectivity index is -0.00000000933. The lowest BCUT2D eigenvalue weighted by Gasteiger charge is -2.05. The zero-order chi connectivity index (χ0) is 18.8. The van der Waals surface area contributed by atoms with Crippen molar-refractivity contribution in [2.75, 3.05) is 0 Å². The Hall–Kier alpha value is 0. The minimum atomic E-state index is 0. The van der Waals surface area contributed by atoms with Gasteiger partial charge in [0.15, 0.2) is 0 Å². The van der Waals surface area contributed by atoms with E-state index in [0.717, 1.165) is 0 Å². The molecule has 1 rings (SSSR count). The third-order valence-corrected chi connectivity index (χ3v) is 1.000. The van der Waals surface area contributed by atoms with Crippen LogP contribution in [-0.2, 0) is 0 Å². The van der Waals surface area contributed by atoms with Crippen molar-refractivity contribution in [1.82, 2.24) is 0 Å². The van der Waals surface area contributed by atoms with Crippen molar-refractivity contribution in [3.05, 3.63) is 0 Å². The van der Waals surface area contributed by atoms with Crippen LogP contribution in [0.4, 0.5) is 0 Å². The molecule has 1 aliphatic carbocycles. The fraction of sp³-hybridized carbons (Fsp3) is 1.00. The third-order valence-electron chi connectivity index (χ3n) is 1.000. The van der Waals surface area contributed by atoms with Gasteiger partial charge in [0.2, 0.25) is 0 Å². The molecule has 0 aromatic rings. The zero-order valence-corrected chi connectivity index (χ0v) is 18.8. The molecule has 0 nitrogen and oxygen atoms in total. The highest BCUT2D eigenvalue weighted by Crippen LogP contribution is 2.15. The Kier molecular flexibility index (Phi) is 1610. The lowest BCUT2D eigenvalue weighted by Crippen LogP contribution is -1.85. The van der Waals surface area contributed by atoms with Crippen LogP contribution in [0.1, 0.15) is 151 Å². The van der Waals surface area contributed by atoms with Gasteiger partial charge in [0.1, 0.15) is 0 Å². The van der Waals surface area contributed by atoms with Crippen LogP contribution in [-0.4, -0.2) is 0 Å². The van der Waals surface area contributed by atoms with Crippen LogP contribution in [0.25, 0.3) is 0 Å². The summed E-state index contributed by atoms with van der Waals surface area (Å²) in [5.74, 6) is 0. The molecule has 1 aliphatic rings. The summed E-state index contributed by atoms with van der Waals surface area (Å²) in [4.78, 5) is 0. The lowest BCUT2D eigenvalue weighted by molar-refractivity contribution is 0.504. The van der Waals surface area contributed by atoms with Crippen LogP contribution >= 0.6 is 0 Å². The van der Waals surface area contributed by atoms with Gasteiger partial charge in [-0.2, -0.15) is 0 Å². The summed E-state index contributed by atoms with van der Waals surface area (Å²) in [5, 5.41) is 0. The van der Waals surface area contributed by atoms with Gasteiger partial charge < -0.3 is 0 Å². The number of rotatable bonds is 0. The van der Waals surface area contributed by atoms with Gasteiger partial charge in [-0.05, 0) is 0 Å². The van der Waals surface area contributed by atoms with E-state index >= 15 is 0 Å². The molecule has 0 amide bonds. The summed E-state index contributed by atoms with van der Waals surface area (Å²) in [7, 11) is 0. The molecule has 0 spiro atoms. The van der Waals surface area contributed by atoms with E-state index in [4.69, 9.17) is 0 Å². The maximum atomic E-state index is 2.00. The standard InChI is InChI=1S/C4H8.8C2H6.2CH4/c1-2-4-3-1;8*1-2;;/h1-4H2;8*1-2H3;2*1H4. The highest BCUT2D eigenvalue weighted by molar-refractivity contribution is 4.50. The first-order valence-electron chi connectivity index (χ1n) is 10.0. The lowest BCUT2D eigenvalue weighted by atomic mass is 10.0. The Morgan fingerprint density at radius 2 is 0.273 bits per heavy atom. The van der Waals surface area contributed by atoms with Gasteiger partial charge in [-0.25, -0.2) is 0 Å².